The first-order valence-electron chi connectivity index (χ1n) is 7.47. The summed E-state index contributed by atoms with van der Waals surface area (Å²) in [4.78, 5) is 11.6. The van der Waals surface area contributed by atoms with Crippen LogP contribution in [0.1, 0.15) is 12.0 Å². The molecule has 1 aromatic heterocycles. The summed E-state index contributed by atoms with van der Waals surface area (Å²) in [5, 5.41) is 9.81. The van der Waals surface area contributed by atoms with Crippen LogP contribution < -0.4 is 4.74 Å². The fourth-order valence-electron chi connectivity index (χ4n) is 2.60. The van der Waals surface area contributed by atoms with Gasteiger partial charge >= 0.3 is 5.97 Å². The second-order valence-electron chi connectivity index (χ2n) is 5.32. The summed E-state index contributed by atoms with van der Waals surface area (Å²) in [5.41, 5.74) is 1.63. The average molecular weight is 343 g/mol. The summed E-state index contributed by atoms with van der Waals surface area (Å²) in [6, 6.07) is 14.7. The van der Waals surface area contributed by atoms with Crippen molar-refractivity contribution < 1.29 is 19.2 Å². The fraction of sp³-hybridized carbons (Fsp3) is 0.167. The summed E-state index contributed by atoms with van der Waals surface area (Å²) in [6.45, 7) is 0. The van der Waals surface area contributed by atoms with E-state index in [0.29, 0.717) is 17.1 Å². The van der Waals surface area contributed by atoms with Gasteiger partial charge in [0.15, 0.2) is 4.90 Å². The third-order valence-electron chi connectivity index (χ3n) is 3.79. The Morgan fingerprint density at radius 3 is 2.67 bits per heavy atom. The number of fused-ring (bicyclic) bond motifs is 1. The molecule has 0 amide bonds. The Kier molecular flexibility index (Phi) is 4.78. The molecule has 1 atom stereocenters. The fourth-order valence-corrected chi connectivity index (χ4v) is 3.78. The molecule has 0 unspecified atom stereocenters. The number of aryl methyl sites for hydroxylation is 1. The Morgan fingerprint density at radius 2 is 2.00 bits per heavy atom. The highest BCUT2D eigenvalue weighted by molar-refractivity contribution is 7.90. The van der Waals surface area contributed by atoms with Crippen molar-refractivity contribution in [1.82, 2.24) is 3.97 Å². The van der Waals surface area contributed by atoms with E-state index >= 15 is 0 Å². The van der Waals surface area contributed by atoms with Crippen molar-refractivity contribution in [3.63, 3.8) is 0 Å². The molecule has 24 heavy (non-hydrogen) atoms. The number of methoxy groups -OCH3 is 1. The topological polar surface area (TPSA) is 74.5 Å². The maximum Gasteiger partial charge on any atom is 0.303 e. The zero-order valence-corrected chi connectivity index (χ0v) is 14.0. The van der Waals surface area contributed by atoms with E-state index in [1.807, 2.05) is 48.5 Å². The van der Waals surface area contributed by atoms with Gasteiger partial charge in [0, 0.05) is 11.8 Å². The Hall–Kier alpha value is -2.44. The van der Waals surface area contributed by atoms with Crippen LogP contribution >= 0.6 is 0 Å². The highest BCUT2D eigenvalue weighted by atomic mass is 32.2. The van der Waals surface area contributed by atoms with Crippen molar-refractivity contribution in [3.8, 4) is 5.75 Å². The van der Waals surface area contributed by atoms with Crippen LogP contribution in [0.4, 0.5) is 0 Å². The van der Waals surface area contributed by atoms with Gasteiger partial charge in [-0.3, -0.25) is 4.79 Å². The van der Waals surface area contributed by atoms with Gasteiger partial charge in [-0.2, -0.15) is 3.97 Å². The molecule has 0 saturated heterocycles. The second-order valence-corrected chi connectivity index (χ2v) is 6.68. The van der Waals surface area contributed by atoms with Crippen LogP contribution in [0.5, 0.6) is 5.75 Å². The first kappa shape index (κ1) is 16.4. The summed E-state index contributed by atoms with van der Waals surface area (Å²) < 4.78 is 19.8. The predicted octanol–water partition coefficient (Wildman–Crippen LogP) is 3.24. The Bertz CT molecular complexity index is 860. The van der Waals surface area contributed by atoms with Crippen molar-refractivity contribution in [2.24, 2.45) is 0 Å². The zero-order valence-electron chi connectivity index (χ0n) is 13.1. The minimum absolute atomic E-state index is 0.0221. The largest absolute Gasteiger partial charge is 0.587 e. The van der Waals surface area contributed by atoms with E-state index in [9.17, 15) is 9.35 Å². The summed E-state index contributed by atoms with van der Waals surface area (Å²) in [5.74, 6) is -0.176. The molecule has 2 aromatic carbocycles. The smallest absolute Gasteiger partial charge is 0.303 e. The minimum Gasteiger partial charge on any atom is -0.587 e. The third kappa shape index (κ3) is 3.25. The number of hydrogen-bond acceptors (Lipinski definition) is 3. The molecule has 0 fully saturated rings. The summed E-state index contributed by atoms with van der Waals surface area (Å²) >= 11 is -1.39. The minimum atomic E-state index is -1.39. The highest BCUT2D eigenvalue weighted by Gasteiger charge is 2.20. The average Bonchev–Trinajstić information content (AvgIpc) is 2.97. The first-order chi connectivity index (χ1) is 11.6. The quantitative estimate of drug-likeness (QED) is 0.697. The van der Waals surface area contributed by atoms with E-state index in [0.717, 1.165) is 16.5 Å². The monoisotopic (exact) mass is 343 g/mol. The standard InChI is InChI=1S/C18H17NO4S/c1-23-14-8-9-17-16(11-14)13(7-10-18(20)21)12-19(17)24(22)15-5-3-2-4-6-15/h2-6,8-9,11-12H,7,10H2,1H3,(H,20,21)/t24-/m0/s1. The molecule has 1 N–H and O–H groups in total. The molecule has 0 radical (unpaired) electrons. The van der Waals surface area contributed by atoms with Crippen molar-refractivity contribution in [2.45, 2.75) is 17.7 Å². The van der Waals surface area contributed by atoms with Crippen molar-refractivity contribution >= 4 is 28.2 Å². The Morgan fingerprint density at radius 1 is 1.25 bits per heavy atom. The van der Waals surface area contributed by atoms with Crippen LogP contribution in [0.3, 0.4) is 0 Å². The van der Waals surface area contributed by atoms with Gasteiger partial charge in [-0.05, 0) is 42.3 Å². The number of ether oxygens (including phenoxy) is 1. The van der Waals surface area contributed by atoms with Gasteiger partial charge in [-0.15, -0.1) is 0 Å². The lowest BCUT2D eigenvalue weighted by molar-refractivity contribution is -0.136. The van der Waals surface area contributed by atoms with Gasteiger partial charge in [0.05, 0.1) is 18.8 Å². The molecule has 124 valence electrons. The maximum atomic E-state index is 12.9. The van der Waals surface area contributed by atoms with Gasteiger partial charge in [-0.25, -0.2) is 0 Å². The van der Waals surface area contributed by atoms with Crippen molar-refractivity contribution in [1.29, 1.82) is 0 Å². The molecule has 0 bridgehead atoms. The molecule has 0 saturated carbocycles. The Balaban J connectivity index is 2.08. The van der Waals surface area contributed by atoms with E-state index in [4.69, 9.17) is 9.84 Å². The molecule has 0 aliphatic rings. The van der Waals surface area contributed by atoms with Crippen LogP contribution in [0.25, 0.3) is 10.9 Å². The summed E-state index contributed by atoms with van der Waals surface area (Å²) in [7, 11) is 1.58. The van der Waals surface area contributed by atoms with Crippen LogP contribution in [0, 0.1) is 0 Å². The van der Waals surface area contributed by atoms with Crippen LogP contribution in [-0.2, 0) is 22.6 Å². The normalized spacial score (nSPS) is 12.2. The van der Waals surface area contributed by atoms with Crippen LogP contribution in [0.2, 0.25) is 0 Å². The number of nitrogens with zero attached hydrogens (tertiary/aromatic N) is 1. The van der Waals surface area contributed by atoms with E-state index in [1.54, 1.807) is 17.3 Å². The summed E-state index contributed by atoms with van der Waals surface area (Å²) in [6.07, 6.45) is 2.17. The number of rotatable bonds is 6. The van der Waals surface area contributed by atoms with Crippen LogP contribution in [-0.4, -0.2) is 26.7 Å². The number of aromatic nitrogens is 1. The zero-order chi connectivity index (χ0) is 17.1. The molecular weight excluding hydrogens is 326 g/mol. The van der Waals surface area contributed by atoms with Gasteiger partial charge in [0.2, 0.25) is 0 Å². The molecule has 0 spiro atoms. The maximum absolute atomic E-state index is 12.9. The lowest BCUT2D eigenvalue weighted by atomic mass is 10.1. The molecule has 3 aromatic rings. The van der Waals surface area contributed by atoms with Crippen molar-refractivity contribution in [3.05, 3.63) is 60.3 Å². The molecule has 3 rings (SSSR count). The molecule has 0 aliphatic carbocycles. The number of aliphatic carboxylic acids is 1. The van der Waals surface area contributed by atoms with E-state index in [2.05, 4.69) is 0 Å². The predicted molar refractivity (Wildman–Crippen MR) is 92.7 cm³/mol. The second kappa shape index (κ2) is 6.98. The molecule has 5 nitrogen and oxygen atoms in total. The van der Waals surface area contributed by atoms with E-state index in [-0.39, 0.29) is 6.42 Å². The number of hydrogen-bond donors (Lipinski definition) is 1. The lowest BCUT2D eigenvalue weighted by Crippen LogP contribution is -2.11. The van der Waals surface area contributed by atoms with Gasteiger partial charge in [-0.1, -0.05) is 18.2 Å². The molecular formula is C18H17NO4S. The van der Waals surface area contributed by atoms with Crippen LogP contribution in [0.15, 0.2) is 59.6 Å². The van der Waals surface area contributed by atoms with Gasteiger partial charge < -0.3 is 14.4 Å². The molecule has 0 aliphatic heterocycles. The number of carboxylic acid groups (broad SMARTS) is 1. The lowest BCUT2D eigenvalue weighted by Gasteiger charge is -2.11. The number of carbonyl (C=O) groups is 1. The van der Waals surface area contributed by atoms with E-state index < -0.39 is 17.3 Å². The number of carboxylic acids is 1. The SMILES string of the molecule is COc1ccc2c(c1)c(CCC(=O)O)cn2[S@@+]([O-])c1ccccc1. The van der Waals surface area contributed by atoms with Crippen molar-refractivity contribution in [2.75, 3.05) is 7.11 Å². The number of benzene rings is 2. The Labute approximate surface area is 142 Å². The van der Waals surface area contributed by atoms with Gasteiger partial charge in [0.25, 0.3) is 0 Å². The highest BCUT2D eigenvalue weighted by Crippen LogP contribution is 2.30. The molecule has 6 heteroatoms. The van der Waals surface area contributed by atoms with E-state index in [1.165, 1.54) is 0 Å². The first-order valence-corrected chi connectivity index (χ1v) is 8.58. The third-order valence-corrected chi connectivity index (χ3v) is 5.13. The van der Waals surface area contributed by atoms with Gasteiger partial charge in [0.1, 0.15) is 17.1 Å². The molecule has 1 heterocycles.